The molecule has 0 unspecified atom stereocenters. The van der Waals surface area contributed by atoms with Crippen LogP contribution in [0, 0.1) is 6.92 Å². The van der Waals surface area contributed by atoms with Gasteiger partial charge in [-0.15, -0.1) is 0 Å². The number of aromatic nitrogens is 1. The zero-order chi connectivity index (χ0) is 26.0. The highest BCUT2D eigenvalue weighted by Crippen LogP contribution is 2.37. The van der Waals surface area contributed by atoms with Crippen molar-refractivity contribution in [1.82, 2.24) is 14.2 Å². The van der Waals surface area contributed by atoms with E-state index in [-0.39, 0.29) is 16.8 Å². The van der Waals surface area contributed by atoms with Crippen LogP contribution in [-0.2, 0) is 10.0 Å². The van der Waals surface area contributed by atoms with Crippen LogP contribution in [0.5, 0.6) is 5.75 Å². The number of likely N-dealkylation sites (N-methyl/N-ethyl adjacent to an activating group) is 1. The normalized spacial score (nSPS) is 17.0. The first-order valence-electron chi connectivity index (χ1n) is 12.2. The summed E-state index contributed by atoms with van der Waals surface area (Å²) in [4.78, 5) is 22.3. The molecule has 0 radical (unpaired) electrons. The molecule has 194 valence electrons. The van der Waals surface area contributed by atoms with Crippen molar-refractivity contribution in [3.05, 3.63) is 47.5 Å². The van der Waals surface area contributed by atoms with Crippen LogP contribution in [0.3, 0.4) is 0 Å². The fourth-order valence-electron chi connectivity index (χ4n) is 4.45. The number of hydrogen-bond acceptors (Lipinski definition) is 7. The van der Waals surface area contributed by atoms with Gasteiger partial charge in [-0.2, -0.15) is 4.31 Å². The van der Waals surface area contributed by atoms with Crippen molar-refractivity contribution in [2.24, 2.45) is 0 Å². The smallest absolute Gasteiger partial charge is 0.260 e. The molecule has 0 saturated carbocycles. The van der Waals surface area contributed by atoms with E-state index in [2.05, 4.69) is 0 Å². The van der Waals surface area contributed by atoms with Crippen LogP contribution in [0.2, 0.25) is 0 Å². The Labute approximate surface area is 217 Å². The molecule has 36 heavy (non-hydrogen) atoms. The summed E-state index contributed by atoms with van der Waals surface area (Å²) in [6.45, 7) is 5.59. The molecule has 4 rings (SSSR count). The van der Waals surface area contributed by atoms with Gasteiger partial charge in [-0.25, -0.2) is 13.4 Å². The van der Waals surface area contributed by atoms with Crippen LogP contribution in [0.25, 0.3) is 10.2 Å². The molecule has 0 bridgehead atoms. The minimum Gasteiger partial charge on any atom is -0.494 e. The monoisotopic (exact) mass is 530 g/mol. The molecule has 1 aromatic heterocycles. The molecule has 0 spiro atoms. The van der Waals surface area contributed by atoms with Gasteiger partial charge in [-0.05, 0) is 76.7 Å². The summed E-state index contributed by atoms with van der Waals surface area (Å²) in [5.74, 6) is 0.447. The highest BCUT2D eigenvalue weighted by atomic mass is 32.2. The lowest BCUT2D eigenvalue weighted by atomic mass is 10.1. The fourth-order valence-corrected chi connectivity index (χ4v) is 7.23. The van der Waals surface area contributed by atoms with Gasteiger partial charge in [0.25, 0.3) is 5.91 Å². The molecule has 0 N–H and O–H groups in total. The third-order valence-corrected chi connectivity index (χ3v) is 9.85. The summed E-state index contributed by atoms with van der Waals surface area (Å²) in [5, 5.41) is 0.586. The third-order valence-electron chi connectivity index (χ3n) is 6.61. The minimum absolute atomic E-state index is 0.0222. The number of thiazole rings is 1. The van der Waals surface area contributed by atoms with Gasteiger partial charge in [0.1, 0.15) is 11.3 Å². The molecule has 2 heterocycles. The van der Waals surface area contributed by atoms with Gasteiger partial charge in [-0.3, -0.25) is 9.69 Å². The molecule has 1 saturated heterocycles. The predicted octanol–water partition coefficient (Wildman–Crippen LogP) is 4.38. The van der Waals surface area contributed by atoms with Crippen LogP contribution >= 0.6 is 11.3 Å². The van der Waals surface area contributed by atoms with Crippen molar-refractivity contribution >= 4 is 42.6 Å². The predicted molar refractivity (Wildman–Crippen MR) is 145 cm³/mol. The first-order chi connectivity index (χ1) is 17.1. The summed E-state index contributed by atoms with van der Waals surface area (Å²) in [6.07, 6.45) is 2.77. The van der Waals surface area contributed by atoms with E-state index in [0.717, 1.165) is 35.0 Å². The number of methoxy groups -OCH3 is 1. The van der Waals surface area contributed by atoms with Crippen molar-refractivity contribution in [3.8, 4) is 5.75 Å². The third kappa shape index (κ3) is 5.27. The number of rotatable bonds is 8. The highest BCUT2D eigenvalue weighted by Gasteiger charge is 2.31. The van der Waals surface area contributed by atoms with E-state index in [4.69, 9.17) is 9.72 Å². The Balaban J connectivity index is 1.66. The molecular weight excluding hydrogens is 496 g/mol. The SMILES string of the molecule is COc1ccc(C)c2sc(N(CCN(C)C)C(=O)c3ccc(S(=O)(=O)N4CCCC[C@@H]4C)cc3)nc12. The second-order valence-electron chi connectivity index (χ2n) is 9.50. The Hall–Kier alpha value is -2.53. The van der Waals surface area contributed by atoms with E-state index in [1.807, 2.05) is 45.0 Å². The number of aryl methyl sites for hydroxylation is 1. The molecule has 1 atom stereocenters. The molecule has 1 fully saturated rings. The molecular formula is C26H34N4O4S2. The summed E-state index contributed by atoms with van der Waals surface area (Å²) in [6, 6.07) is 10.1. The highest BCUT2D eigenvalue weighted by molar-refractivity contribution is 7.89. The summed E-state index contributed by atoms with van der Waals surface area (Å²) in [7, 11) is 1.92. The minimum atomic E-state index is -3.60. The lowest BCUT2D eigenvalue weighted by molar-refractivity contribution is 0.0985. The number of benzene rings is 2. The van der Waals surface area contributed by atoms with E-state index < -0.39 is 10.0 Å². The second-order valence-corrected chi connectivity index (χ2v) is 12.4. The molecule has 0 aliphatic carbocycles. The molecule has 1 aliphatic rings. The number of ether oxygens (including phenoxy) is 1. The maximum atomic E-state index is 13.7. The van der Waals surface area contributed by atoms with Gasteiger partial charge in [0.15, 0.2) is 5.13 Å². The average molecular weight is 531 g/mol. The van der Waals surface area contributed by atoms with E-state index in [1.165, 1.54) is 11.3 Å². The Kier molecular flexibility index (Phi) is 7.99. The van der Waals surface area contributed by atoms with Gasteiger partial charge in [0.2, 0.25) is 10.0 Å². The average Bonchev–Trinajstić information content (AvgIpc) is 3.30. The Morgan fingerprint density at radius 3 is 2.50 bits per heavy atom. The van der Waals surface area contributed by atoms with Gasteiger partial charge >= 0.3 is 0 Å². The Morgan fingerprint density at radius 1 is 1.14 bits per heavy atom. The van der Waals surface area contributed by atoms with Crippen LogP contribution in [0.15, 0.2) is 41.3 Å². The molecule has 1 aliphatic heterocycles. The van der Waals surface area contributed by atoms with Crippen LogP contribution in [-0.4, -0.2) is 75.4 Å². The van der Waals surface area contributed by atoms with Gasteiger partial charge in [-0.1, -0.05) is 23.8 Å². The summed E-state index contributed by atoms with van der Waals surface area (Å²) >= 11 is 1.46. The molecule has 1 amide bonds. The topological polar surface area (TPSA) is 83.0 Å². The Morgan fingerprint density at radius 2 is 1.86 bits per heavy atom. The van der Waals surface area contributed by atoms with Gasteiger partial charge < -0.3 is 9.64 Å². The number of piperidine rings is 1. The standard InChI is InChI=1S/C26H34N4O4S2/c1-18-9-14-22(34-5)23-24(18)35-26(27-23)29(17-16-28(3)4)25(31)20-10-12-21(13-11-20)36(32,33)30-15-7-6-8-19(30)2/h9-14,19H,6-8,15-17H2,1-5H3/t19-/m0/s1. The number of carbonyl (C=O) groups excluding carboxylic acids is 1. The number of carbonyl (C=O) groups is 1. The zero-order valence-corrected chi connectivity index (χ0v) is 23.2. The lowest BCUT2D eigenvalue weighted by Gasteiger charge is -2.32. The molecule has 10 heteroatoms. The van der Waals surface area contributed by atoms with Gasteiger partial charge in [0, 0.05) is 31.2 Å². The lowest BCUT2D eigenvalue weighted by Crippen LogP contribution is -2.41. The number of sulfonamides is 1. The quantitative estimate of drug-likeness (QED) is 0.430. The summed E-state index contributed by atoms with van der Waals surface area (Å²) < 4.78 is 34.5. The van der Waals surface area contributed by atoms with Crippen LogP contribution in [0.4, 0.5) is 5.13 Å². The largest absolute Gasteiger partial charge is 0.494 e. The maximum absolute atomic E-state index is 13.7. The first kappa shape index (κ1) is 26.5. The number of fused-ring (bicyclic) bond motifs is 1. The zero-order valence-electron chi connectivity index (χ0n) is 21.5. The van der Waals surface area contributed by atoms with E-state index in [0.29, 0.717) is 36.1 Å². The van der Waals surface area contributed by atoms with E-state index in [1.54, 1.807) is 40.6 Å². The molecule has 3 aromatic rings. The first-order valence-corrected chi connectivity index (χ1v) is 14.4. The fraction of sp³-hybridized carbons (Fsp3) is 0.462. The van der Waals surface area contributed by atoms with Crippen LogP contribution in [0.1, 0.15) is 42.1 Å². The van der Waals surface area contributed by atoms with Crippen molar-refractivity contribution in [2.45, 2.75) is 44.0 Å². The number of anilines is 1. The van der Waals surface area contributed by atoms with Crippen molar-refractivity contribution in [2.75, 3.05) is 45.7 Å². The summed E-state index contributed by atoms with van der Waals surface area (Å²) in [5.41, 5.74) is 2.22. The van der Waals surface area contributed by atoms with Gasteiger partial charge in [0.05, 0.1) is 16.7 Å². The number of hydrogen-bond donors (Lipinski definition) is 0. The second kappa shape index (κ2) is 10.8. The number of amides is 1. The molecule has 2 aromatic carbocycles. The Bertz CT molecular complexity index is 1340. The van der Waals surface area contributed by atoms with Crippen molar-refractivity contribution in [3.63, 3.8) is 0 Å². The maximum Gasteiger partial charge on any atom is 0.260 e. The molecule has 8 nitrogen and oxygen atoms in total. The van der Waals surface area contributed by atoms with E-state index in [9.17, 15) is 13.2 Å². The van der Waals surface area contributed by atoms with Crippen molar-refractivity contribution < 1.29 is 17.9 Å². The number of nitrogens with zero attached hydrogens (tertiary/aromatic N) is 4. The van der Waals surface area contributed by atoms with E-state index >= 15 is 0 Å². The van der Waals surface area contributed by atoms with Crippen molar-refractivity contribution in [1.29, 1.82) is 0 Å². The van der Waals surface area contributed by atoms with Crippen LogP contribution < -0.4 is 9.64 Å².